The van der Waals surface area contributed by atoms with Crippen LogP contribution < -0.4 is 4.90 Å². The number of nitrogens with zero attached hydrogens (tertiary/aromatic N) is 2. The zero-order valence-electron chi connectivity index (χ0n) is 27.1. The molecule has 0 saturated carbocycles. The lowest BCUT2D eigenvalue weighted by molar-refractivity contribution is 1.25. The van der Waals surface area contributed by atoms with Gasteiger partial charge < -0.3 is 0 Å². The van der Waals surface area contributed by atoms with E-state index in [0.717, 1.165) is 22.0 Å². The van der Waals surface area contributed by atoms with Crippen molar-refractivity contribution in [3.8, 4) is 22.3 Å². The SMILES string of the molecule is c1ccc(-c2ccc(N(c3ccc(-c4ccc5c(ccc6c7ccccc7ccc56)c4)cc3)c3nc4ccc5ccccc5c4s3)cc2)cc1. The minimum atomic E-state index is 0.946. The molecule has 234 valence electrons. The maximum absolute atomic E-state index is 5.20. The number of thiazole rings is 1. The Hall–Kier alpha value is -6.29. The zero-order valence-corrected chi connectivity index (χ0v) is 27.9. The van der Waals surface area contributed by atoms with Crippen molar-refractivity contribution in [3.05, 3.63) is 182 Å². The third kappa shape index (κ3) is 4.82. The van der Waals surface area contributed by atoms with Gasteiger partial charge in [-0.3, -0.25) is 4.90 Å². The zero-order chi connectivity index (χ0) is 33.0. The fraction of sp³-hybridized carbons (Fsp3) is 0. The summed E-state index contributed by atoms with van der Waals surface area (Å²) in [5.74, 6) is 0. The Kier molecular flexibility index (Phi) is 6.71. The van der Waals surface area contributed by atoms with Crippen LogP contribution in [0.25, 0.3) is 75.6 Å². The quantitative estimate of drug-likeness (QED) is 0.172. The van der Waals surface area contributed by atoms with Gasteiger partial charge in [0.25, 0.3) is 0 Å². The Morgan fingerprint density at radius 3 is 1.58 bits per heavy atom. The maximum Gasteiger partial charge on any atom is 0.195 e. The molecule has 1 aromatic heterocycles. The Bertz CT molecular complexity index is 2850. The fourth-order valence-corrected chi connectivity index (χ4v) is 8.50. The van der Waals surface area contributed by atoms with Crippen molar-refractivity contribution in [2.24, 2.45) is 0 Å². The number of anilines is 3. The Balaban J connectivity index is 1.06. The van der Waals surface area contributed by atoms with Gasteiger partial charge in [0.1, 0.15) is 0 Å². The van der Waals surface area contributed by atoms with Crippen LogP contribution in [0.5, 0.6) is 0 Å². The van der Waals surface area contributed by atoms with Crippen LogP contribution in [0.4, 0.5) is 16.5 Å². The number of fused-ring (bicyclic) bond motifs is 8. The summed E-state index contributed by atoms with van der Waals surface area (Å²) in [4.78, 5) is 7.49. The van der Waals surface area contributed by atoms with E-state index in [1.165, 1.54) is 70.0 Å². The minimum Gasteiger partial charge on any atom is -0.286 e. The molecule has 0 N–H and O–H groups in total. The molecule has 0 aliphatic carbocycles. The first-order valence-corrected chi connectivity index (χ1v) is 17.8. The third-order valence-corrected chi connectivity index (χ3v) is 11.0. The van der Waals surface area contributed by atoms with E-state index in [0.29, 0.717) is 0 Å². The van der Waals surface area contributed by atoms with E-state index >= 15 is 0 Å². The highest BCUT2D eigenvalue weighted by Crippen LogP contribution is 2.42. The Morgan fingerprint density at radius 2 is 0.860 bits per heavy atom. The fourth-order valence-electron chi connectivity index (χ4n) is 7.35. The molecule has 0 aliphatic heterocycles. The topological polar surface area (TPSA) is 16.1 Å². The predicted molar refractivity (Wildman–Crippen MR) is 215 cm³/mol. The van der Waals surface area contributed by atoms with E-state index in [1.54, 1.807) is 11.3 Å². The Morgan fingerprint density at radius 1 is 0.360 bits per heavy atom. The Labute approximate surface area is 294 Å². The number of benzene rings is 9. The molecule has 1 heterocycles. The summed E-state index contributed by atoms with van der Waals surface area (Å²) in [6.07, 6.45) is 0. The van der Waals surface area contributed by atoms with Crippen LogP contribution in [0.1, 0.15) is 0 Å². The van der Waals surface area contributed by atoms with Gasteiger partial charge in [-0.05, 0) is 96.4 Å². The summed E-state index contributed by atoms with van der Waals surface area (Å²) in [7, 11) is 0. The van der Waals surface area contributed by atoms with E-state index in [1.807, 2.05) is 0 Å². The van der Waals surface area contributed by atoms with Crippen molar-refractivity contribution in [1.29, 1.82) is 0 Å². The molecule has 0 atom stereocenters. The van der Waals surface area contributed by atoms with Crippen molar-refractivity contribution in [3.63, 3.8) is 0 Å². The molecular weight excluding hydrogens is 625 g/mol. The summed E-state index contributed by atoms with van der Waals surface area (Å²) in [5, 5.41) is 11.1. The number of aromatic nitrogens is 1. The molecule has 2 nitrogen and oxygen atoms in total. The summed E-state index contributed by atoms with van der Waals surface area (Å²) >= 11 is 1.74. The van der Waals surface area contributed by atoms with E-state index in [9.17, 15) is 0 Å². The van der Waals surface area contributed by atoms with Gasteiger partial charge in [0.2, 0.25) is 0 Å². The highest BCUT2D eigenvalue weighted by atomic mass is 32.1. The van der Waals surface area contributed by atoms with Crippen LogP contribution in [-0.4, -0.2) is 4.98 Å². The molecule has 0 bridgehead atoms. The summed E-state index contributed by atoms with van der Waals surface area (Å²) in [5.41, 5.74) is 7.95. The second-order valence-corrected chi connectivity index (χ2v) is 13.8. The average Bonchev–Trinajstić information content (AvgIpc) is 3.63. The molecule has 10 aromatic rings. The number of rotatable bonds is 5. The molecule has 0 aliphatic rings. The van der Waals surface area contributed by atoms with Crippen molar-refractivity contribution in [1.82, 2.24) is 4.98 Å². The lowest BCUT2D eigenvalue weighted by atomic mass is 9.95. The smallest absolute Gasteiger partial charge is 0.195 e. The van der Waals surface area contributed by atoms with Crippen molar-refractivity contribution in [2.45, 2.75) is 0 Å². The van der Waals surface area contributed by atoms with Gasteiger partial charge in [-0.2, -0.15) is 0 Å². The monoisotopic (exact) mass is 654 g/mol. The van der Waals surface area contributed by atoms with Crippen LogP contribution in [0.2, 0.25) is 0 Å². The number of hydrogen-bond acceptors (Lipinski definition) is 3. The summed E-state index contributed by atoms with van der Waals surface area (Å²) in [6.45, 7) is 0. The van der Waals surface area contributed by atoms with Gasteiger partial charge in [0.15, 0.2) is 5.13 Å². The largest absolute Gasteiger partial charge is 0.286 e. The average molecular weight is 655 g/mol. The van der Waals surface area contributed by atoms with Crippen LogP contribution >= 0.6 is 11.3 Å². The molecular formula is C47H30N2S. The highest BCUT2D eigenvalue weighted by molar-refractivity contribution is 7.23. The first kappa shape index (κ1) is 28.7. The van der Waals surface area contributed by atoms with E-state index in [4.69, 9.17) is 4.98 Å². The predicted octanol–water partition coefficient (Wildman–Crippen LogP) is 13.7. The first-order valence-electron chi connectivity index (χ1n) is 17.0. The first-order chi connectivity index (χ1) is 24.8. The van der Waals surface area contributed by atoms with Gasteiger partial charge in [-0.15, -0.1) is 0 Å². The standard InChI is InChI=1S/C47H30N2S/c1-2-8-31(9-3-1)32-14-22-38(23-15-32)49(47-48-45-29-21-35-11-5-7-13-42(35)46(45)50-47)39-24-16-33(17-25-39)36-19-26-41-37(30-36)20-28-43-40-12-6-4-10-34(40)18-27-44(41)43/h1-30H. The van der Waals surface area contributed by atoms with Gasteiger partial charge in [0.05, 0.1) is 10.2 Å². The van der Waals surface area contributed by atoms with Crippen LogP contribution in [0.15, 0.2) is 182 Å². The maximum atomic E-state index is 5.20. The molecule has 0 amide bonds. The summed E-state index contributed by atoms with van der Waals surface area (Å²) in [6, 6.07) is 65.7. The van der Waals surface area contributed by atoms with Gasteiger partial charge in [0, 0.05) is 16.8 Å². The molecule has 0 fully saturated rings. The van der Waals surface area contributed by atoms with Crippen molar-refractivity contribution < 1.29 is 0 Å². The molecule has 50 heavy (non-hydrogen) atoms. The van der Waals surface area contributed by atoms with E-state index < -0.39 is 0 Å². The van der Waals surface area contributed by atoms with Crippen LogP contribution in [0, 0.1) is 0 Å². The molecule has 10 rings (SSSR count). The highest BCUT2D eigenvalue weighted by Gasteiger charge is 2.19. The molecule has 9 aromatic carbocycles. The molecule has 0 saturated heterocycles. The second kappa shape index (κ2) is 11.7. The molecule has 3 heteroatoms. The van der Waals surface area contributed by atoms with E-state index in [2.05, 4.69) is 187 Å². The van der Waals surface area contributed by atoms with Gasteiger partial charge >= 0.3 is 0 Å². The number of hydrogen-bond donors (Lipinski definition) is 0. The van der Waals surface area contributed by atoms with Crippen molar-refractivity contribution in [2.75, 3.05) is 4.90 Å². The molecule has 0 spiro atoms. The van der Waals surface area contributed by atoms with E-state index in [-0.39, 0.29) is 0 Å². The molecule has 0 unspecified atom stereocenters. The van der Waals surface area contributed by atoms with Gasteiger partial charge in [-0.25, -0.2) is 4.98 Å². The molecule has 0 radical (unpaired) electrons. The normalized spacial score (nSPS) is 11.6. The lowest BCUT2D eigenvalue weighted by Crippen LogP contribution is -2.09. The summed E-state index contributed by atoms with van der Waals surface area (Å²) < 4.78 is 1.21. The van der Waals surface area contributed by atoms with Gasteiger partial charge in [-0.1, -0.05) is 157 Å². The van der Waals surface area contributed by atoms with Crippen LogP contribution in [-0.2, 0) is 0 Å². The second-order valence-electron chi connectivity index (χ2n) is 12.8. The lowest BCUT2D eigenvalue weighted by Gasteiger charge is -2.23. The minimum absolute atomic E-state index is 0.946. The third-order valence-electron chi connectivity index (χ3n) is 9.89. The van der Waals surface area contributed by atoms with Crippen molar-refractivity contribution >= 4 is 81.1 Å². The van der Waals surface area contributed by atoms with Crippen LogP contribution in [0.3, 0.4) is 0 Å².